The highest BCUT2D eigenvalue weighted by Crippen LogP contribution is 2.48. The molecule has 2 unspecified atom stereocenters. The number of allylic oxidation sites excluding steroid dienone is 2. The van der Waals surface area contributed by atoms with Crippen LogP contribution in [-0.4, -0.2) is 24.6 Å². The van der Waals surface area contributed by atoms with E-state index < -0.39 is 8.50 Å². The van der Waals surface area contributed by atoms with Gasteiger partial charge >= 0.3 is 0 Å². The Bertz CT molecular complexity index is 390. The van der Waals surface area contributed by atoms with Gasteiger partial charge in [0.25, 0.3) is 0 Å². The Morgan fingerprint density at radius 3 is 1.95 bits per heavy atom. The standard InChI is InChI=1S/C10H9Cl4NO2S.H3N/c11-9(12)10(13,14)18-15-7(16)5-3-1-2-4-6(5)8(15)17;/h1-2,5-6,9H,3-4H2;1H3. The summed E-state index contributed by atoms with van der Waals surface area (Å²) in [5, 5.41) is 0. The minimum Gasteiger partial charge on any atom is -0.344 e. The number of halogens is 4. The summed E-state index contributed by atoms with van der Waals surface area (Å²) in [6, 6.07) is 0. The molecule has 0 radical (unpaired) electrons. The van der Waals surface area contributed by atoms with Crippen LogP contribution >= 0.6 is 58.4 Å². The van der Waals surface area contributed by atoms with Crippen LogP contribution in [0.1, 0.15) is 12.8 Å². The van der Waals surface area contributed by atoms with Gasteiger partial charge in [-0.3, -0.25) is 9.59 Å². The third kappa shape index (κ3) is 3.34. The predicted octanol–water partition coefficient (Wildman–Crippen LogP) is 3.68. The van der Waals surface area contributed by atoms with E-state index in [1.807, 2.05) is 12.2 Å². The zero-order valence-electron chi connectivity index (χ0n) is 9.69. The maximum atomic E-state index is 12.1. The van der Waals surface area contributed by atoms with Gasteiger partial charge in [0.2, 0.25) is 15.5 Å². The highest BCUT2D eigenvalue weighted by Gasteiger charge is 2.51. The molecule has 0 aromatic rings. The molecule has 9 heteroatoms. The zero-order chi connectivity index (χ0) is 13.5. The topological polar surface area (TPSA) is 72.4 Å². The number of fused-ring (bicyclic) bond motifs is 1. The Balaban J connectivity index is 0.00000180. The molecule has 3 N–H and O–H groups in total. The van der Waals surface area contributed by atoms with Crippen molar-refractivity contribution in [2.45, 2.75) is 21.3 Å². The molecule has 4 nitrogen and oxygen atoms in total. The van der Waals surface area contributed by atoms with Crippen molar-refractivity contribution in [1.29, 1.82) is 0 Å². The Kier molecular flexibility index (Phi) is 5.87. The van der Waals surface area contributed by atoms with Gasteiger partial charge in [-0.15, -0.1) is 23.2 Å². The zero-order valence-corrected chi connectivity index (χ0v) is 13.5. The smallest absolute Gasteiger partial charge is 0.243 e. The number of hydrogen-bond acceptors (Lipinski definition) is 4. The number of amides is 2. The molecule has 2 aliphatic rings. The monoisotopic (exact) mass is 364 g/mol. The molecular weight excluding hydrogens is 354 g/mol. The molecule has 0 aromatic heterocycles. The van der Waals surface area contributed by atoms with Gasteiger partial charge < -0.3 is 6.15 Å². The van der Waals surface area contributed by atoms with E-state index in [1.54, 1.807) is 0 Å². The molecule has 1 heterocycles. The maximum absolute atomic E-state index is 12.1. The second-order valence-electron chi connectivity index (χ2n) is 4.08. The molecule has 1 saturated heterocycles. The van der Waals surface area contributed by atoms with Crippen LogP contribution in [0.3, 0.4) is 0 Å². The van der Waals surface area contributed by atoms with Crippen molar-refractivity contribution < 1.29 is 9.59 Å². The largest absolute Gasteiger partial charge is 0.344 e. The Labute approximate surface area is 135 Å². The van der Waals surface area contributed by atoms with E-state index in [0.29, 0.717) is 24.8 Å². The van der Waals surface area contributed by atoms with Crippen LogP contribution in [0.15, 0.2) is 12.2 Å². The summed E-state index contributed by atoms with van der Waals surface area (Å²) < 4.78 is -0.630. The average Bonchev–Trinajstić information content (AvgIpc) is 2.55. The fraction of sp³-hybridized carbons (Fsp3) is 0.600. The maximum Gasteiger partial charge on any atom is 0.243 e. The third-order valence-electron chi connectivity index (χ3n) is 2.93. The van der Waals surface area contributed by atoms with Crippen LogP contribution in [0.5, 0.6) is 0 Å². The summed E-state index contributed by atoms with van der Waals surface area (Å²) >= 11 is 23.7. The normalized spacial score (nSPS) is 26.7. The highest BCUT2D eigenvalue weighted by molar-refractivity contribution is 8.02. The lowest BCUT2D eigenvalue weighted by atomic mass is 9.85. The number of rotatable bonds is 3. The molecule has 0 bridgehead atoms. The molecule has 2 amide bonds. The van der Waals surface area contributed by atoms with Gasteiger partial charge in [0.05, 0.1) is 11.8 Å². The van der Waals surface area contributed by atoms with E-state index in [-0.39, 0.29) is 29.8 Å². The van der Waals surface area contributed by atoms with E-state index in [9.17, 15) is 9.59 Å². The molecule has 0 aromatic carbocycles. The van der Waals surface area contributed by atoms with Crippen molar-refractivity contribution in [3.8, 4) is 0 Å². The number of alkyl halides is 4. The number of carbonyl (C=O) groups excluding carboxylic acids is 2. The second-order valence-corrected chi connectivity index (χ2v) is 8.20. The first-order chi connectivity index (χ1) is 8.34. The van der Waals surface area contributed by atoms with Crippen LogP contribution in [0.4, 0.5) is 0 Å². The molecule has 0 saturated carbocycles. The molecule has 1 fully saturated rings. The lowest BCUT2D eigenvalue weighted by Gasteiger charge is -2.24. The number of carbonyl (C=O) groups is 2. The number of imide groups is 1. The van der Waals surface area contributed by atoms with E-state index in [4.69, 9.17) is 46.4 Å². The first kappa shape index (κ1) is 17.4. The van der Waals surface area contributed by atoms with Gasteiger partial charge in [-0.2, -0.15) is 0 Å². The second kappa shape index (κ2) is 6.41. The number of hydrogen-bond donors (Lipinski definition) is 1. The molecule has 1 aliphatic carbocycles. The summed E-state index contributed by atoms with van der Waals surface area (Å²) in [5.41, 5.74) is 0. The van der Waals surface area contributed by atoms with Crippen molar-refractivity contribution in [3.63, 3.8) is 0 Å². The molecule has 0 spiro atoms. The summed E-state index contributed by atoms with van der Waals surface area (Å²) in [7, 11) is 0. The first-order valence-electron chi connectivity index (χ1n) is 5.22. The minimum absolute atomic E-state index is 0. The first-order valence-corrected chi connectivity index (χ1v) is 7.62. The Morgan fingerprint density at radius 2 is 1.58 bits per heavy atom. The van der Waals surface area contributed by atoms with E-state index in [1.165, 1.54) is 0 Å². The van der Waals surface area contributed by atoms with Crippen LogP contribution in [0, 0.1) is 11.8 Å². The van der Waals surface area contributed by atoms with Gasteiger partial charge in [0, 0.05) is 11.9 Å². The summed E-state index contributed by atoms with van der Waals surface area (Å²) in [5.74, 6) is -1.19. The van der Waals surface area contributed by atoms with Crippen LogP contribution in [0.25, 0.3) is 0 Å². The fourth-order valence-corrected chi connectivity index (χ4v) is 3.45. The van der Waals surface area contributed by atoms with Gasteiger partial charge in [-0.05, 0) is 12.8 Å². The summed E-state index contributed by atoms with van der Waals surface area (Å²) in [6.45, 7) is 0. The van der Waals surface area contributed by atoms with Crippen LogP contribution in [-0.2, 0) is 9.59 Å². The van der Waals surface area contributed by atoms with Crippen molar-refractivity contribution in [2.24, 2.45) is 11.8 Å². The third-order valence-corrected chi connectivity index (χ3v) is 6.17. The fourth-order valence-electron chi connectivity index (χ4n) is 2.02. The van der Waals surface area contributed by atoms with Crippen LogP contribution in [0.2, 0.25) is 0 Å². The van der Waals surface area contributed by atoms with Gasteiger partial charge in [-0.25, -0.2) is 4.31 Å². The molecular formula is C10H12Cl4N2O2S. The summed E-state index contributed by atoms with van der Waals surface area (Å²) in [4.78, 5) is 23.1. The highest BCUT2D eigenvalue weighted by atomic mass is 35.5. The van der Waals surface area contributed by atoms with Gasteiger partial charge in [0.15, 0.2) is 4.84 Å². The minimum atomic E-state index is -1.63. The van der Waals surface area contributed by atoms with Gasteiger partial charge in [0.1, 0.15) is 0 Å². The van der Waals surface area contributed by atoms with E-state index in [2.05, 4.69) is 0 Å². The quantitative estimate of drug-likeness (QED) is 0.358. The van der Waals surface area contributed by atoms with Crippen molar-refractivity contribution in [2.75, 3.05) is 0 Å². The lowest BCUT2D eigenvalue weighted by Crippen LogP contribution is -2.31. The predicted molar refractivity (Wildman–Crippen MR) is 79.8 cm³/mol. The Hall–Kier alpha value is 0.350. The SMILES string of the molecule is N.O=C1C2CC=CCC2C(=O)N1SC(Cl)(Cl)C(Cl)Cl. The lowest BCUT2D eigenvalue weighted by molar-refractivity contribution is -0.133. The number of nitrogens with zero attached hydrogens (tertiary/aromatic N) is 1. The van der Waals surface area contributed by atoms with E-state index in [0.717, 1.165) is 4.31 Å². The van der Waals surface area contributed by atoms with Crippen LogP contribution < -0.4 is 6.15 Å². The van der Waals surface area contributed by atoms with Crippen molar-refractivity contribution in [1.82, 2.24) is 10.5 Å². The molecule has 108 valence electrons. The van der Waals surface area contributed by atoms with Crippen molar-refractivity contribution in [3.05, 3.63) is 12.2 Å². The summed E-state index contributed by atoms with van der Waals surface area (Å²) in [6.07, 6.45) is 4.94. The van der Waals surface area contributed by atoms with Crippen molar-refractivity contribution >= 4 is 70.2 Å². The molecule has 2 atom stereocenters. The van der Waals surface area contributed by atoms with Gasteiger partial charge in [-0.1, -0.05) is 35.4 Å². The molecule has 2 rings (SSSR count). The Morgan fingerprint density at radius 1 is 1.16 bits per heavy atom. The van der Waals surface area contributed by atoms with E-state index >= 15 is 0 Å². The average molecular weight is 366 g/mol. The molecule has 19 heavy (non-hydrogen) atoms. The molecule has 1 aliphatic heterocycles.